The maximum atomic E-state index is 13.0. The second-order valence-electron chi connectivity index (χ2n) is 10.5. The topological polar surface area (TPSA) is 95.9 Å². The summed E-state index contributed by atoms with van der Waals surface area (Å²) >= 11 is 0. The SMILES string of the molecule is O=C(NC1CCCC(C(=O)N2CC3C(C2)C3C(=O)O)C1)OCC1c2ccccc2-c2ccccc21. The first-order chi connectivity index (χ1) is 17.0. The molecule has 3 fully saturated rings. The van der Waals surface area contributed by atoms with Gasteiger partial charge in [-0.2, -0.15) is 0 Å². The Kier molecular flexibility index (Phi) is 5.50. The first-order valence-corrected chi connectivity index (χ1v) is 12.6. The number of amides is 2. The maximum Gasteiger partial charge on any atom is 0.407 e. The fraction of sp³-hybridized carbons (Fsp3) is 0.464. The molecule has 6 rings (SSSR count). The van der Waals surface area contributed by atoms with Gasteiger partial charge in [0.25, 0.3) is 0 Å². The molecule has 7 nitrogen and oxygen atoms in total. The van der Waals surface area contributed by atoms with Crippen molar-refractivity contribution >= 4 is 18.0 Å². The van der Waals surface area contributed by atoms with E-state index in [1.165, 1.54) is 22.3 Å². The highest BCUT2D eigenvalue weighted by atomic mass is 16.5. The molecular formula is C28H30N2O5. The lowest BCUT2D eigenvalue weighted by Gasteiger charge is -2.32. The molecule has 2 saturated carbocycles. The number of ether oxygens (including phenoxy) is 1. The number of carboxylic acids is 1. The average Bonchev–Trinajstić information content (AvgIpc) is 3.22. The van der Waals surface area contributed by atoms with Crippen LogP contribution < -0.4 is 5.32 Å². The van der Waals surface area contributed by atoms with Crippen molar-refractivity contribution in [2.24, 2.45) is 23.7 Å². The van der Waals surface area contributed by atoms with Crippen LogP contribution in [-0.4, -0.2) is 53.7 Å². The summed E-state index contributed by atoms with van der Waals surface area (Å²) in [7, 11) is 0. The molecule has 1 saturated heterocycles. The van der Waals surface area contributed by atoms with E-state index >= 15 is 0 Å². The third kappa shape index (κ3) is 3.97. The van der Waals surface area contributed by atoms with Gasteiger partial charge in [0.1, 0.15) is 6.61 Å². The molecule has 35 heavy (non-hydrogen) atoms. The Morgan fingerprint density at radius 1 is 0.943 bits per heavy atom. The molecule has 2 aromatic carbocycles. The molecule has 0 spiro atoms. The fourth-order valence-electron chi connectivity index (χ4n) is 6.68. The lowest BCUT2D eigenvalue weighted by atomic mass is 9.84. The zero-order chi connectivity index (χ0) is 24.1. The van der Waals surface area contributed by atoms with Crippen molar-refractivity contribution in [1.82, 2.24) is 10.2 Å². The Balaban J connectivity index is 1.02. The van der Waals surface area contributed by atoms with Crippen molar-refractivity contribution in [2.45, 2.75) is 37.6 Å². The lowest BCUT2D eigenvalue weighted by Crippen LogP contribution is -2.44. The van der Waals surface area contributed by atoms with E-state index in [4.69, 9.17) is 4.74 Å². The highest BCUT2D eigenvalue weighted by Gasteiger charge is 2.60. The van der Waals surface area contributed by atoms with Gasteiger partial charge in [0.2, 0.25) is 5.91 Å². The molecule has 3 aliphatic carbocycles. The van der Waals surface area contributed by atoms with Crippen LogP contribution in [0.15, 0.2) is 48.5 Å². The Hall–Kier alpha value is -3.35. The van der Waals surface area contributed by atoms with Crippen LogP contribution in [0.1, 0.15) is 42.7 Å². The van der Waals surface area contributed by atoms with Gasteiger partial charge in [0.05, 0.1) is 5.92 Å². The van der Waals surface area contributed by atoms with E-state index in [0.29, 0.717) is 19.5 Å². The molecule has 0 bridgehead atoms. The molecule has 4 unspecified atom stereocenters. The predicted molar refractivity (Wildman–Crippen MR) is 129 cm³/mol. The highest BCUT2D eigenvalue weighted by Crippen LogP contribution is 2.52. The number of carboxylic acid groups (broad SMARTS) is 1. The molecule has 2 N–H and O–H groups in total. The van der Waals surface area contributed by atoms with Crippen molar-refractivity contribution < 1.29 is 24.2 Å². The number of aliphatic carboxylic acids is 1. The van der Waals surface area contributed by atoms with E-state index in [0.717, 1.165) is 19.3 Å². The summed E-state index contributed by atoms with van der Waals surface area (Å²) in [5.41, 5.74) is 4.75. The number of hydrogen-bond acceptors (Lipinski definition) is 4. The van der Waals surface area contributed by atoms with E-state index in [9.17, 15) is 19.5 Å². The van der Waals surface area contributed by atoms with Crippen LogP contribution in [0.25, 0.3) is 11.1 Å². The first-order valence-electron chi connectivity index (χ1n) is 12.6. The summed E-state index contributed by atoms with van der Waals surface area (Å²) in [5.74, 6) is -0.760. The number of nitrogens with one attached hydrogen (secondary N) is 1. The zero-order valence-corrected chi connectivity index (χ0v) is 19.6. The normalized spacial score (nSPS) is 28.6. The van der Waals surface area contributed by atoms with E-state index < -0.39 is 12.1 Å². The average molecular weight is 475 g/mol. The molecule has 2 aromatic rings. The Labute approximate surface area is 204 Å². The van der Waals surface area contributed by atoms with E-state index in [1.54, 1.807) is 0 Å². The predicted octanol–water partition coefficient (Wildman–Crippen LogP) is 3.87. The Bertz CT molecular complexity index is 1120. The van der Waals surface area contributed by atoms with Crippen LogP contribution in [0.5, 0.6) is 0 Å². The summed E-state index contributed by atoms with van der Waals surface area (Å²) in [6, 6.07) is 16.4. The lowest BCUT2D eigenvalue weighted by molar-refractivity contribution is -0.142. The molecule has 182 valence electrons. The van der Waals surface area contributed by atoms with Crippen LogP contribution in [0, 0.1) is 23.7 Å². The second-order valence-corrected chi connectivity index (χ2v) is 10.5. The van der Waals surface area contributed by atoms with Crippen LogP contribution in [0.4, 0.5) is 4.79 Å². The summed E-state index contributed by atoms with van der Waals surface area (Å²) < 4.78 is 5.69. The second kappa shape index (κ2) is 8.70. The smallest absolute Gasteiger partial charge is 0.407 e. The Morgan fingerprint density at radius 2 is 1.57 bits per heavy atom. The Morgan fingerprint density at radius 3 is 2.20 bits per heavy atom. The van der Waals surface area contributed by atoms with Gasteiger partial charge in [0, 0.05) is 31.0 Å². The van der Waals surface area contributed by atoms with Gasteiger partial charge < -0.3 is 20.1 Å². The van der Waals surface area contributed by atoms with Crippen molar-refractivity contribution in [3.63, 3.8) is 0 Å². The molecule has 0 radical (unpaired) electrons. The number of piperidine rings is 1. The third-order valence-electron chi connectivity index (χ3n) is 8.48. The number of nitrogens with zero attached hydrogens (tertiary/aromatic N) is 1. The molecule has 2 amide bonds. The summed E-state index contributed by atoms with van der Waals surface area (Å²) in [4.78, 5) is 38.8. The van der Waals surface area contributed by atoms with Crippen LogP contribution in [0.2, 0.25) is 0 Å². The summed E-state index contributed by atoms with van der Waals surface area (Å²) in [6.07, 6.45) is 2.70. The highest BCUT2D eigenvalue weighted by molar-refractivity contribution is 5.82. The summed E-state index contributed by atoms with van der Waals surface area (Å²) in [5, 5.41) is 12.2. The number of likely N-dealkylation sites (tertiary alicyclic amines) is 1. The van der Waals surface area contributed by atoms with Gasteiger partial charge in [0.15, 0.2) is 0 Å². The quantitative estimate of drug-likeness (QED) is 0.686. The largest absolute Gasteiger partial charge is 0.481 e. The number of carbonyl (C=O) groups excluding carboxylic acids is 2. The molecule has 4 aliphatic rings. The van der Waals surface area contributed by atoms with E-state index in [-0.39, 0.29) is 48.1 Å². The number of fused-ring (bicyclic) bond motifs is 4. The van der Waals surface area contributed by atoms with E-state index in [1.807, 2.05) is 29.2 Å². The molecule has 1 heterocycles. The monoisotopic (exact) mass is 474 g/mol. The van der Waals surface area contributed by atoms with Gasteiger partial charge in [-0.1, -0.05) is 55.0 Å². The molecule has 4 atom stereocenters. The molecular weight excluding hydrogens is 444 g/mol. The van der Waals surface area contributed by atoms with Crippen molar-refractivity contribution in [2.75, 3.05) is 19.7 Å². The minimum absolute atomic E-state index is 0.0186. The van der Waals surface area contributed by atoms with Gasteiger partial charge >= 0.3 is 12.1 Å². The zero-order valence-electron chi connectivity index (χ0n) is 19.6. The summed E-state index contributed by atoms with van der Waals surface area (Å²) in [6.45, 7) is 1.39. The molecule has 0 aromatic heterocycles. The number of benzene rings is 2. The first kappa shape index (κ1) is 22.1. The minimum atomic E-state index is -0.739. The standard InChI is InChI=1S/C28H30N2O5/c31-26(30-13-22-23(14-30)25(22)27(32)33)16-6-5-7-17(12-16)29-28(34)35-15-24-20-10-3-1-8-18(20)19-9-2-4-11-21(19)24/h1-4,8-11,16-17,22-25H,5-7,12-15H2,(H,29,34)(H,32,33). The van der Waals surface area contributed by atoms with Crippen LogP contribution in [0.3, 0.4) is 0 Å². The van der Waals surface area contributed by atoms with Gasteiger partial charge in [-0.3, -0.25) is 9.59 Å². The number of hydrogen-bond donors (Lipinski definition) is 2. The van der Waals surface area contributed by atoms with Crippen molar-refractivity contribution in [1.29, 1.82) is 0 Å². The van der Waals surface area contributed by atoms with Gasteiger partial charge in [-0.25, -0.2) is 4.79 Å². The number of alkyl carbamates (subject to hydrolysis) is 1. The van der Waals surface area contributed by atoms with Gasteiger partial charge in [-0.05, 0) is 53.4 Å². The van der Waals surface area contributed by atoms with Crippen molar-refractivity contribution in [3.8, 4) is 11.1 Å². The van der Waals surface area contributed by atoms with Crippen LogP contribution in [-0.2, 0) is 14.3 Å². The molecule has 1 aliphatic heterocycles. The maximum absolute atomic E-state index is 13.0. The van der Waals surface area contributed by atoms with Crippen molar-refractivity contribution in [3.05, 3.63) is 59.7 Å². The van der Waals surface area contributed by atoms with E-state index in [2.05, 4.69) is 29.6 Å². The number of carbonyl (C=O) groups is 3. The fourth-order valence-corrected chi connectivity index (χ4v) is 6.68. The van der Waals surface area contributed by atoms with Gasteiger partial charge in [-0.15, -0.1) is 0 Å². The number of rotatable bonds is 5. The minimum Gasteiger partial charge on any atom is -0.481 e. The third-order valence-corrected chi connectivity index (χ3v) is 8.48. The molecule has 7 heteroatoms. The van der Waals surface area contributed by atoms with Crippen LogP contribution >= 0.6 is 0 Å².